The zero-order valence-electron chi connectivity index (χ0n) is 10.6. The van der Waals surface area contributed by atoms with Crippen molar-refractivity contribution in [1.82, 2.24) is 4.98 Å². The Balaban J connectivity index is 2.02. The number of rotatable bonds is 3. The molecule has 0 spiro atoms. The second-order valence-corrected chi connectivity index (χ2v) is 8.00. The SMILES string of the molecule is CS(=O)(=O)c1cccc(-c2csc(-c3ccsc3)n2)c1. The molecule has 1 aromatic carbocycles. The average molecular weight is 321 g/mol. The van der Waals surface area contributed by atoms with Gasteiger partial charge in [0.2, 0.25) is 0 Å². The third-order valence-corrected chi connectivity index (χ3v) is 5.52. The number of aromatic nitrogens is 1. The Labute approximate surface area is 125 Å². The standard InChI is InChI=1S/C14H11NO2S3/c1-20(16,17)12-4-2-3-10(7-12)13-9-19-14(15-13)11-5-6-18-8-11/h2-9H,1H3. The number of sulfone groups is 1. The van der Waals surface area contributed by atoms with E-state index in [9.17, 15) is 8.42 Å². The van der Waals surface area contributed by atoms with Gasteiger partial charge >= 0.3 is 0 Å². The second kappa shape index (κ2) is 5.12. The van der Waals surface area contributed by atoms with Gasteiger partial charge in [0.05, 0.1) is 10.6 Å². The summed E-state index contributed by atoms with van der Waals surface area (Å²) in [5.74, 6) is 0. The minimum Gasteiger partial charge on any atom is -0.236 e. The largest absolute Gasteiger partial charge is 0.236 e. The molecule has 0 aliphatic carbocycles. The molecule has 0 fully saturated rings. The molecule has 6 heteroatoms. The summed E-state index contributed by atoms with van der Waals surface area (Å²) in [7, 11) is -3.19. The Hall–Kier alpha value is -1.50. The van der Waals surface area contributed by atoms with Crippen molar-refractivity contribution in [2.45, 2.75) is 4.90 Å². The zero-order valence-corrected chi connectivity index (χ0v) is 13.1. The molecule has 3 aromatic rings. The first kappa shape index (κ1) is 13.5. The van der Waals surface area contributed by atoms with Crippen LogP contribution in [0.1, 0.15) is 0 Å². The maximum Gasteiger partial charge on any atom is 0.175 e. The summed E-state index contributed by atoms with van der Waals surface area (Å²) >= 11 is 3.19. The minimum atomic E-state index is -3.19. The van der Waals surface area contributed by atoms with E-state index in [1.807, 2.05) is 22.9 Å². The van der Waals surface area contributed by atoms with Crippen molar-refractivity contribution >= 4 is 32.5 Å². The van der Waals surface area contributed by atoms with Gasteiger partial charge in [-0.1, -0.05) is 12.1 Å². The number of thiophene rings is 1. The number of hydrogen-bond donors (Lipinski definition) is 0. The van der Waals surface area contributed by atoms with E-state index in [1.54, 1.807) is 40.9 Å². The summed E-state index contributed by atoms with van der Waals surface area (Å²) < 4.78 is 23.2. The molecule has 2 aromatic heterocycles. The lowest BCUT2D eigenvalue weighted by atomic mass is 10.2. The molecule has 0 aliphatic rings. The van der Waals surface area contributed by atoms with Gasteiger partial charge in [0.1, 0.15) is 5.01 Å². The predicted molar refractivity (Wildman–Crippen MR) is 84.0 cm³/mol. The van der Waals surface area contributed by atoms with Crippen molar-refractivity contribution < 1.29 is 8.42 Å². The Morgan fingerprint density at radius 1 is 1.10 bits per heavy atom. The van der Waals surface area contributed by atoms with Crippen LogP contribution >= 0.6 is 22.7 Å². The number of benzene rings is 1. The molecule has 0 saturated carbocycles. The maximum atomic E-state index is 11.6. The lowest BCUT2D eigenvalue weighted by Gasteiger charge is -2.01. The van der Waals surface area contributed by atoms with E-state index in [0.29, 0.717) is 4.90 Å². The van der Waals surface area contributed by atoms with Crippen molar-refractivity contribution in [3.05, 3.63) is 46.5 Å². The van der Waals surface area contributed by atoms with Crippen LogP contribution in [0.4, 0.5) is 0 Å². The topological polar surface area (TPSA) is 47.0 Å². The van der Waals surface area contributed by atoms with Gasteiger partial charge in [-0.2, -0.15) is 11.3 Å². The smallest absolute Gasteiger partial charge is 0.175 e. The molecule has 0 saturated heterocycles. The van der Waals surface area contributed by atoms with Crippen molar-refractivity contribution in [3.8, 4) is 21.8 Å². The van der Waals surface area contributed by atoms with E-state index < -0.39 is 9.84 Å². The summed E-state index contributed by atoms with van der Waals surface area (Å²) in [6.45, 7) is 0. The van der Waals surface area contributed by atoms with Crippen LogP contribution in [0, 0.1) is 0 Å². The van der Waals surface area contributed by atoms with Gasteiger partial charge < -0.3 is 0 Å². The first-order valence-electron chi connectivity index (χ1n) is 5.82. The summed E-state index contributed by atoms with van der Waals surface area (Å²) in [6, 6.07) is 8.92. The van der Waals surface area contributed by atoms with E-state index in [1.165, 1.54) is 6.26 Å². The molecular weight excluding hydrogens is 310 g/mol. The van der Waals surface area contributed by atoms with Crippen LogP contribution in [0.2, 0.25) is 0 Å². The van der Waals surface area contributed by atoms with Crippen LogP contribution in [0.25, 0.3) is 21.8 Å². The molecule has 0 atom stereocenters. The summed E-state index contributed by atoms with van der Waals surface area (Å²) in [6.07, 6.45) is 1.21. The quantitative estimate of drug-likeness (QED) is 0.734. The normalized spacial score (nSPS) is 11.7. The number of hydrogen-bond acceptors (Lipinski definition) is 5. The van der Waals surface area contributed by atoms with Crippen LogP contribution in [0.15, 0.2) is 51.4 Å². The van der Waals surface area contributed by atoms with Crippen molar-refractivity contribution in [2.75, 3.05) is 6.26 Å². The highest BCUT2D eigenvalue weighted by Crippen LogP contribution is 2.30. The third-order valence-electron chi connectivity index (χ3n) is 2.83. The molecule has 0 unspecified atom stereocenters. The average Bonchev–Trinajstić information content (AvgIpc) is 3.09. The Bertz CT molecular complexity index is 833. The van der Waals surface area contributed by atoms with E-state index in [2.05, 4.69) is 10.4 Å². The molecular formula is C14H11NO2S3. The molecule has 3 nitrogen and oxygen atoms in total. The van der Waals surface area contributed by atoms with Gasteiger partial charge in [-0.15, -0.1) is 11.3 Å². The first-order chi connectivity index (χ1) is 9.54. The summed E-state index contributed by atoms with van der Waals surface area (Å²) in [5.41, 5.74) is 2.73. The molecule has 20 heavy (non-hydrogen) atoms. The summed E-state index contributed by atoms with van der Waals surface area (Å²) in [5, 5.41) is 6.97. The third kappa shape index (κ3) is 2.67. The first-order valence-corrected chi connectivity index (χ1v) is 9.54. The highest BCUT2D eigenvalue weighted by molar-refractivity contribution is 7.90. The van der Waals surface area contributed by atoms with Crippen molar-refractivity contribution in [1.29, 1.82) is 0 Å². The second-order valence-electron chi connectivity index (χ2n) is 4.35. The van der Waals surface area contributed by atoms with Gasteiger partial charge in [0, 0.05) is 28.1 Å². The molecule has 0 bridgehead atoms. The van der Waals surface area contributed by atoms with E-state index in [0.717, 1.165) is 21.8 Å². The maximum absolute atomic E-state index is 11.6. The minimum absolute atomic E-state index is 0.320. The van der Waals surface area contributed by atoms with Crippen LogP contribution < -0.4 is 0 Å². The van der Waals surface area contributed by atoms with Crippen LogP contribution in [-0.2, 0) is 9.84 Å². The van der Waals surface area contributed by atoms with Gasteiger partial charge in [-0.3, -0.25) is 0 Å². The zero-order chi connectivity index (χ0) is 14.2. The predicted octanol–water partition coefficient (Wildman–Crippen LogP) is 3.94. The Morgan fingerprint density at radius 2 is 1.95 bits per heavy atom. The molecule has 0 radical (unpaired) electrons. The van der Waals surface area contributed by atoms with Gasteiger partial charge in [-0.05, 0) is 23.6 Å². The lowest BCUT2D eigenvalue weighted by Crippen LogP contribution is -1.96. The Morgan fingerprint density at radius 3 is 2.65 bits per heavy atom. The van der Waals surface area contributed by atoms with Crippen LogP contribution in [0.5, 0.6) is 0 Å². The van der Waals surface area contributed by atoms with Crippen molar-refractivity contribution in [3.63, 3.8) is 0 Å². The fourth-order valence-corrected chi connectivity index (χ4v) is 4.02. The fourth-order valence-electron chi connectivity index (χ4n) is 1.81. The number of nitrogens with zero attached hydrogens (tertiary/aromatic N) is 1. The molecule has 3 rings (SSSR count). The lowest BCUT2D eigenvalue weighted by molar-refractivity contribution is 0.602. The molecule has 0 amide bonds. The number of thiazole rings is 1. The van der Waals surface area contributed by atoms with Gasteiger partial charge in [0.15, 0.2) is 9.84 Å². The van der Waals surface area contributed by atoms with Crippen LogP contribution in [0.3, 0.4) is 0 Å². The van der Waals surface area contributed by atoms with E-state index in [4.69, 9.17) is 0 Å². The molecule has 102 valence electrons. The fraction of sp³-hybridized carbons (Fsp3) is 0.0714. The van der Waals surface area contributed by atoms with Crippen molar-refractivity contribution in [2.24, 2.45) is 0 Å². The van der Waals surface area contributed by atoms with Crippen LogP contribution in [-0.4, -0.2) is 19.7 Å². The Kier molecular flexibility index (Phi) is 3.45. The monoisotopic (exact) mass is 321 g/mol. The highest BCUT2D eigenvalue weighted by atomic mass is 32.2. The van der Waals surface area contributed by atoms with Gasteiger partial charge in [0.25, 0.3) is 0 Å². The summed E-state index contributed by atoms with van der Waals surface area (Å²) in [4.78, 5) is 4.90. The molecule has 2 heterocycles. The molecule has 0 aliphatic heterocycles. The van der Waals surface area contributed by atoms with Gasteiger partial charge in [-0.25, -0.2) is 13.4 Å². The van der Waals surface area contributed by atoms with E-state index >= 15 is 0 Å². The molecule has 0 N–H and O–H groups in total. The highest BCUT2D eigenvalue weighted by Gasteiger charge is 2.11. The van der Waals surface area contributed by atoms with E-state index in [-0.39, 0.29) is 0 Å².